The molecular weight excluding hydrogens is 471 g/mol. The molecule has 0 saturated heterocycles. The lowest BCUT2D eigenvalue weighted by molar-refractivity contribution is -0.147. The average Bonchev–Trinajstić information content (AvgIpc) is 2.78. The van der Waals surface area contributed by atoms with Crippen LogP contribution in [0, 0.1) is 5.92 Å². The van der Waals surface area contributed by atoms with E-state index < -0.39 is 30.4 Å². The number of benzene rings is 2. The summed E-state index contributed by atoms with van der Waals surface area (Å²) in [5.41, 5.74) is 1.13. The third-order valence-electron chi connectivity index (χ3n) is 4.10. The van der Waals surface area contributed by atoms with Gasteiger partial charge in [0.1, 0.15) is 0 Å². The van der Waals surface area contributed by atoms with E-state index in [4.69, 9.17) is 32.7 Å². The fourth-order valence-corrected chi connectivity index (χ4v) is 2.81. The highest BCUT2D eigenvalue weighted by molar-refractivity contribution is 6.44. The molecule has 2 amide bonds. The molecule has 0 radical (unpaired) electrons. The Balaban J connectivity index is 1.71. The minimum Gasteiger partial charge on any atom is -0.462 e. The van der Waals surface area contributed by atoms with Gasteiger partial charge in [0.15, 0.2) is 6.61 Å². The Kier molecular flexibility index (Phi) is 10.2. The fraction of sp³-hybridized carbons (Fsp3) is 0.304. The van der Waals surface area contributed by atoms with Crippen molar-refractivity contribution in [2.24, 2.45) is 5.92 Å². The molecule has 0 aliphatic heterocycles. The summed E-state index contributed by atoms with van der Waals surface area (Å²) in [4.78, 5) is 47.7. The highest BCUT2D eigenvalue weighted by Crippen LogP contribution is 2.29. The van der Waals surface area contributed by atoms with E-state index in [9.17, 15) is 19.2 Å². The van der Waals surface area contributed by atoms with Crippen LogP contribution in [-0.2, 0) is 23.9 Å². The SMILES string of the molecule is CC(C)COC(=O)c1ccc(NC(=O)CCC(=O)OCC(=O)Nc2cccc(Cl)c2Cl)cc1. The number of esters is 2. The first kappa shape index (κ1) is 26.2. The van der Waals surface area contributed by atoms with Gasteiger partial charge in [-0.15, -0.1) is 0 Å². The van der Waals surface area contributed by atoms with Crippen molar-refractivity contribution in [2.75, 3.05) is 23.8 Å². The number of carbonyl (C=O) groups excluding carboxylic acids is 4. The predicted octanol–water partition coefficient (Wildman–Crippen LogP) is 4.71. The van der Waals surface area contributed by atoms with Gasteiger partial charge in [-0.25, -0.2) is 4.79 Å². The van der Waals surface area contributed by atoms with Crippen LogP contribution in [0.5, 0.6) is 0 Å². The Morgan fingerprint density at radius 3 is 2.24 bits per heavy atom. The maximum Gasteiger partial charge on any atom is 0.338 e. The zero-order valence-electron chi connectivity index (χ0n) is 18.2. The second-order valence-electron chi connectivity index (χ2n) is 7.43. The predicted molar refractivity (Wildman–Crippen MR) is 125 cm³/mol. The van der Waals surface area contributed by atoms with Gasteiger partial charge in [0.05, 0.1) is 34.3 Å². The van der Waals surface area contributed by atoms with E-state index >= 15 is 0 Å². The highest BCUT2D eigenvalue weighted by atomic mass is 35.5. The minimum atomic E-state index is -0.708. The van der Waals surface area contributed by atoms with Gasteiger partial charge >= 0.3 is 11.9 Å². The monoisotopic (exact) mass is 494 g/mol. The standard InChI is InChI=1S/C23H24Cl2N2O6/c1-14(2)12-33-23(31)15-6-8-16(9-7-15)26-19(28)10-11-21(30)32-13-20(29)27-18-5-3-4-17(24)22(18)25/h3-9,14H,10-13H2,1-2H3,(H,26,28)(H,27,29). The molecule has 0 saturated carbocycles. The van der Waals surface area contributed by atoms with Gasteiger partial charge in [0, 0.05) is 12.1 Å². The first-order valence-corrected chi connectivity index (χ1v) is 10.9. The largest absolute Gasteiger partial charge is 0.462 e. The average molecular weight is 495 g/mol. The molecular formula is C23H24Cl2N2O6. The molecule has 2 rings (SSSR count). The molecule has 0 bridgehead atoms. The molecule has 2 aromatic carbocycles. The molecule has 0 atom stereocenters. The number of ether oxygens (including phenoxy) is 2. The van der Waals surface area contributed by atoms with Crippen LogP contribution >= 0.6 is 23.2 Å². The normalized spacial score (nSPS) is 10.5. The van der Waals surface area contributed by atoms with Crippen molar-refractivity contribution in [3.63, 3.8) is 0 Å². The van der Waals surface area contributed by atoms with Gasteiger partial charge in [-0.05, 0) is 42.3 Å². The Bertz CT molecular complexity index is 1010. The van der Waals surface area contributed by atoms with Gasteiger partial charge in [-0.1, -0.05) is 43.1 Å². The molecule has 2 N–H and O–H groups in total. The van der Waals surface area contributed by atoms with E-state index in [1.165, 1.54) is 12.1 Å². The number of carbonyl (C=O) groups is 4. The van der Waals surface area contributed by atoms with Gasteiger partial charge in [0.2, 0.25) is 5.91 Å². The molecule has 10 heteroatoms. The van der Waals surface area contributed by atoms with Gasteiger partial charge in [-0.2, -0.15) is 0 Å². The number of halogens is 2. The summed E-state index contributed by atoms with van der Waals surface area (Å²) in [7, 11) is 0. The van der Waals surface area contributed by atoms with Crippen LogP contribution in [0.2, 0.25) is 10.0 Å². The molecule has 8 nitrogen and oxygen atoms in total. The van der Waals surface area contributed by atoms with Crippen molar-refractivity contribution in [1.29, 1.82) is 0 Å². The zero-order chi connectivity index (χ0) is 24.4. The van der Waals surface area contributed by atoms with E-state index in [1.807, 2.05) is 13.8 Å². The zero-order valence-corrected chi connectivity index (χ0v) is 19.7. The van der Waals surface area contributed by atoms with Gasteiger partial charge < -0.3 is 20.1 Å². The molecule has 0 aliphatic rings. The topological polar surface area (TPSA) is 111 Å². The summed E-state index contributed by atoms with van der Waals surface area (Å²) < 4.78 is 10.0. The van der Waals surface area contributed by atoms with Crippen LogP contribution in [0.25, 0.3) is 0 Å². The smallest absolute Gasteiger partial charge is 0.338 e. The molecule has 0 spiro atoms. The lowest BCUT2D eigenvalue weighted by atomic mass is 10.2. The number of nitrogens with one attached hydrogen (secondary N) is 2. The lowest BCUT2D eigenvalue weighted by Crippen LogP contribution is -2.22. The van der Waals surface area contributed by atoms with Crippen LogP contribution in [0.3, 0.4) is 0 Å². The van der Waals surface area contributed by atoms with E-state index in [0.717, 1.165) is 0 Å². The third-order valence-corrected chi connectivity index (χ3v) is 4.92. The summed E-state index contributed by atoms with van der Waals surface area (Å²) in [6, 6.07) is 10.9. The summed E-state index contributed by atoms with van der Waals surface area (Å²) in [6.45, 7) is 3.67. The lowest BCUT2D eigenvalue weighted by Gasteiger charge is -2.09. The second kappa shape index (κ2) is 12.8. The van der Waals surface area contributed by atoms with Crippen LogP contribution in [0.15, 0.2) is 42.5 Å². The van der Waals surface area contributed by atoms with Crippen molar-refractivity contribution in [3.05, 3.63) is 58.1 Å². The number of hydrogen-bond acceptors (Lipinski definition) is 6. The molecule has 33 heavy (non-hydrogen) atoms. The first-order valence-electron chi connectivity index (χ1n) is 10.1. The van der Waals surface area contributed by atoms with Crippen molar-refractivity contribution < 1.29 is 28.7 Å². The van der Waals surface area contributed by atoms with Crippen LogP contribution < -0.4 is 10.6 Å². The third kappa shape index (κ3) is 9.11. The van der Waals surface area contributed by atoms with Gasteiger partial charge in [0.25, 0.3) is 5.91 Å². The summed E-state index contributed by atoms with van der Waals surface area (Å²) in [5, 5.41) is 5.56. The second-order valence-corrected chi connectivity index (χ2v) is 8.21. The first-order chi connectivity index (χ1) is 15.7. The Labute approximate surface area is 201 Å². The number of rotatable bonds is 10. The summed E-state index contributed by atoms with van der Waals surface area (Å²) >= 11 is 11.8. The van der Waals surface area contributed by atoms with E-state index in [0.29, 0.717) is 23.5 Å². The Morgan fingerprint density at radius 2 is 1.58 bits per heavy atom. The van der Waals surface area contributed by atoms with Gasteiger partial charge in [-0.3, -0.25) is 14.4 Å². The van der Waals surface area contributed by atoms with Crippen molar-refractivity contribution >= 4 is 58.3 Å². The Hall–Kier alpha value is -3.10. The van der Waals surface area contributed by atoms with Crippen molar-refractivity contribution in [3.8, 4) is 0 Å². The van der Waals surface area contributed by atoms with Crippen molar-refractivity contribution in [2.45, 2.75) is 26.7 Å². The molecule has 0 fully saturated rings. The maximum atomic E-state index is 12.0. The molecule has 0 aliphatic carbocycles. The highest BCUT2D eigenvalue weighted by Gasteiger charge is 2.13. The van der Waals surface area contributed by atoms with E-state index in [-0.39, 0.29) is 28.8 Å². The fourth-order valence-electron chi connectivity index (χ4n) is 2.46. The number of anilines is 2. The molecule has 2 aromatic rings. The molecule has 176 valence electrons. The van der Waals surface area contributed by atoms with Crippen LogP contribution in [-0.4, -0.2) is 37.0 Å². The molecule has 0 unspecified atom stereocenters. The van der Waals surface area contributed by atoms with E-state index in [1.54, 1.807) is 30.3 Å². The molecule has 0 heterocycles. The van der Waals surface area contributed by atoms with E-state index in [2.05, 4.69) is 10.6 Å². The van der Waals surface area contributed by atoms with Crippen LogP contribution in [0.1, 0.15) is 37.0 Å². The minimum absolute atomic E-state index is 0.140. The van der Waals surface area contributed by atoms with Crippen LogP contribution in [0.4, 0.5) is 11.4 Å². The maximum absolute atomic E-state index is 12.0. The molecule has 0 aromatic heterocycles. The number of amides is 2. The van der Waals surface area contributed by atoms with Crippen molar-refractivity contribution in [1.82, 2.24) is 0 Å². The summed E-state index contributed by atoms with van der Waals surface area (Å²) in [6.07, 6.45) is -0.352. The number of hydrogen-bond donors (Lipinski definition) is 2. The Morgan fingerprint density at radius 1 is 0.879 bits per heavy atom. The quantitative estimate of drug-likeness (QED) is 0.462. The summed E-state index contributed by atoms with van der Waals surface area (Å²) in [5.74, 6) is -1.93.